The van der Waals surface area contributed by atoms with Crippen molar-refractivity contribution in [3.05, 3.63) is 73.1 Å². The Morgan fingerprint density at radius 2 is 1.74 bits per heavy atom. The third kappa shape index (κ3) is 2.71. The van der Waals surface area contributed by atoms with E-state index >= 15 is 0 Å². The van der Waals surface area contributed by atoms with Gasteiger partial charge in [-0.2, -0.15) is 0 Å². The molecule has 3 aromatic heterocycles. The minimum absolute atomic E-state index is 0.437. The molecule has 2 aromatic carbocycles. The van der Waals surface area contributed by atoms with Gasteiger partial charge in [0.2, 0.25) is 0 Å². The molecule has 0 radical (unpaired) electrons. The number of nitrogen functional groups attached to an aromatic ring is 1. The molecule has 0 amide bonds. The number of pyridine rings is 1. The Morgan fingerprint density at radius 3 is 2.63 bits per heavy atom. The van der Waals surface area contributed by atoms with Crippen LogP contribution >= 0.6 is 11.8 Å². The van der Waals surface area contributed by atoms with E-state index in [4.69, 9.17) is 5.73 Å². The van der Waals surface area contributed by atoms with Crippen LogP contribution < -0.4 is 5.73 Å². The molecule has 0 bridgehead atoms. The summed E-state index contributed by atoms with van der Waals surface area (Å²) in [7, 11) is 0. The zero-order chi connectivity index (χ0) is 18.2. The number of hydrogen-bond donors (Lipinski definition) is 2. The second kappa shape index (κ2) is 6.41. The van der Waals surface area contributed by atoms with Crippen LogP contribution in [0.25, 0.3) is 33.1 Å². The third-order valence-electron chi connectivity index (χ3n) is 4.47. The van der Waals surface area contributed by atoms with E-state index in [1.165, 1.54) is 0 Å². The topological polar surface area (TPSA) is 80.5 Å². The number of fused-ring (bicyclic) bond motifs is 2. The molecule has 0 atom stereocenters. The van der Waals surface area contributed by atoms with Gasteiger partial charge in [-0.3, -0.25) is 4.98 Å². The average Bonchev–Trinajstić information content (AvgIpc) is 3.19. The quantitative estimate of drug-likeness (QED) is 0.472. The monoisotopic (exact) mass is 369 g/mol. The maximum absolute atomic E-state index is 6.14. The molecule has 6 heteroatoms. The zero-order valence-electron chi connectivity index (χ0n) is 14.3. The van der Waals surface area contributed by atoms with Crippen LogP contribution in [0.5, 0.6) is 0 Å². The van der Waals surface area contributed by atoms with Gasteiger partial charge in [0.05, 0.1) is 11.0 Å². The van der Waals surface area contributed by atoms with Crippen LogP contribution in [0.4, 0.5) is 5.82 Å². The largest absolute Gasteiger partial charge is 0.382 e. The number of rotatable bonds is 3. The minimum atomic E-state index is 0.437. The highest BCUT2D eigenvalue weighted by molar-refractivity contribution is 7.99. The Balaban J connectivity index is 1.75. The molecule has 5 rings (SSSR count). The van der Waals surface area contributed by atoms with Gasteiger partial charge in [-0.25, -0.2) is 0 Å². The maximum atomic E-state index is 6.14. The Hall–Kier alpha value is -3.38. The number of nitrogens with zero attached hydrogens (tertiary/aromatic N) is 3. The number of benzene rings is 2. The van der Waals surface area contributed by atoms with Crippen LogP contribution in [0.3, 0.4) is 0 Å². The highest BCUT2D eigenvalue weighted by Gasteiger charge is 2.15. The fraction of sp³-hybridized carbons (Fsp3) is 0. The van der Waals surface area contributed by atoms with E-state index in [-0.39, 0.29) is 0 Å². The lowest BCUT2D eigenvalue weighted by atomic mass is 10.0. The molecular weight excluding hydrogens is 354 g/mol. The highest BCUT2D eigenvalue weighted by Crippen LogP contribution is 2.40. The first-order chi connectivity index (χ1) is 13.3. The molecule has 5 nitrogen and oxygen atoms in total. The molecule has 3 N–H and O–H groups in total. The van der Waals surface area contributed by atoms with Gasteiger partial charge in [-0.05, 0) is 18.2 Å². The number of aromatic amines is 1. The van der Waals surface area contributed by atoms with Crippen molar-refractivity contribution in [2.75, 3.05) is 5.73 Å². The van der Waals surface area contributed by atoms with Crippen molar-refractivity contribution in [1.29, 1.82) is 0 Å². The van der Waals surface area contributed by atoms with Crippen LogP contribution in [-0.4, -0.2) is 20.2 Å². The SMILES string of the molecule is Nc1nnc(-c2ccccc2)c2c(Sc3ccnc4cc[nH]c34)cccc12. The molecule has 130 valence electrons. The van der Waals surface area contributed by atoms with Crippen molar-refractivity contribution in [1.82, 2.24) is 20.2 Å². The van der Waals surface area contributed by atoms with Crippen molar-refractivity contribution in [2.45, 2.75) is 9.79 Å². The second-order valence-electron chi connectivity index (χ2n) is 6.13. The summed E-state index contributed by atoms with van der Waals surface area (Å²) in [6, 6.07) is 20.1. The molecule has 0 saturated carbocycles. The van der Waals surface area contributed by atoms with Gasteiger partial charge in [0.15, 0.2) is 5.82 Å². The van der Waals surface area contributed by atoms with E-state index in [2.05, 4.69) is 26.2 Å². The maximum Gasteiger partial charge on any atom is 0.154 e. The molecule has 0 aliphatic carbocycles. The molecule has 0 spiro atoms. The normalized spacial score (nSPS) is 11.3. The number of anilines is 1. The van der Waals surface area contributed by atoms with E-state index < -0.39 is 0 Å². The highest BCUT2D eigenvalue weighted by atomic mass is 32.2. The molecule has 0 aliphatic heterocycles. The molecule has 0 saturated heterocycles. The Labute approximate surface area is 159 Å². The molecule has 0 fully saturated rings. The summed E-state index contributed by atoms with van der Waals surface area (Å²) >= 11 is 1.67. The van der Waals surface area contributed by atoms with Gasteiger partial charge in [0, 0.05) is 38.5 Å². The minimum Gasteiger partial charge on any atom is -0.382 e. The lowest BCUT2D eigenvalue weighted by Gasteiger charge is -2.12. The summed E-state index contributed by atoms with van der Waals surface area (Å²) in [5, 5.41) is 10.5. The molecule has 27 heavy (non-hydrogen) atoms. The number of nitrogens with one attached hydrogen (secondary N) is 1. The number of hydrogen-bond acceptors (Lipinski definition) is 5. The van der Waals surface area contributed by atoms with Crippen molar-refractivity contribution >= 4 is 39.4 Å². The van der Waals surface area contributed by atoms with Crippen molar-refractivity contribution in [2.24, 2.45) is 0 Å². The van der Waals surface area contributed by atoms with E-state index in [0.29, 0.717) is 5.82 Å². The standard InChI is InChI=1S/C21H15N5S/c22-21-14-7-4-8-16(27-17-10-12-23-15-9-11-24-20(15)17)18(14)19(25-26-21)13-5-2-1-3-6-13/h1-12,24H,(H2,22,26). The summed E-state index contributed by atoms with van der Waals surface area (Å²) in [6.07, 6.45) is 3.74. The molecule has 0 unspecified atom stereocenters. The van der Waals surface area contributed by atoms with Gasteiger partial charge >= 0.3 is 0 Å². The van der Waals surface area contributed by atoms with Gasteiger partial charge in [0.1, 0.15) is 5.69 Å². The number of nitrogens with two attached hydrogens (primary N) is 1. The van der Waals surface area contributed by atoms with E-state index in [0.717, 1.165) is 42.9 Å². The Morgan fingerprint density at radius 1 is 0.852 bits per heavy atom. The fourth-order valence-corrected chi connectivity index (χ4v) is 4.30. The lowest BCUT2D eigenvalue weighted by molar-refractivity contribution is 1.06. The van der Waals surface area contributed by atoms with Crippen LogP contribution in [0.15, 0.2) is 82.8 Å². The third-order valence-corrected chi connectivity index (χ3v) is 5.60. The predicted octanol–water partition coefficient (Wildman–Crippen LogP) is 4.91. The first-order valence-corrected chi connectivity index (χ1v) is 9.33. The van der Waals surface area contributed by atoms with Crippen molar-refractivity contribution in [3.8, 4) is 11.3 Å². The average molecular weight is 369 g/mol. The van der Waals surface area contributed by atoms with E-state index in [1.54, 1.807) is 11.8 Å². The van der Waals surface area contributed by atoms with Crippen LogP contribution in [-0.2, 0) is 0 Å². The van der Waals surface area contributed by atoms with Gasteiger partial charge in [0.25, 0.3) is 0 Å². The summed E-state index contributed by atoms with van der Waals surface area (Å²) in [5.41, 5.74) is 9.96. The van der Waals surface area contributed by atoms with E-state index in [1.807, 2.05) is 67.0 Å². The Bertz CT molecular complexity index is 1260. The van der Waals surface area contributed by atoms with Gasteiger partial charge < -0.3 is 10.7 Å². The molecular formula is C21H15N5S. The fourth-order valence-electron chi connectivity index (χ4n) is 3.22. The zero-order valence-corrected chi connectivity index (χ0v) is 15.1. The van der Waals surface area contributed by atoms with Crippen LogP contribution in [0.2, 0.25) is 0 Å². The van der Waals surface area contributed by atoms with Gasteiger partial charge in [-0.15, -0.1) is 10.2 Å². The van der Waals surface area contributed by atoms with Crippen LogP contribution in [0.1, 0.15) is 0 Å². The molecule has 0 aliphatic rings. The predicted molar refractivity (Wildman–Crippen MR) is 110 cm³/mol. The Kier molecular flexibility index (Phi) is 3.76. The van der Waals surface area contributed by atoms with Crippen molar-refractivity contribution in [3.63, 3.8) is 0 Å². The first kappa shape index (κ1) is 15.8. The molecule has 5 aromatic rings. The summed E-state index contributed by atoms with van der Waals surface area (Å²) in [4.78, 5) is 9.86. The summed E-state index contributed by atoms with van der Waals surface area (Å²) in [5.74, 6) is 0.437. The van der Waals surface area contributed by atoms with Crippen LogP contribution in [0, 0.1) is 0 Å². The van der Waals surface area contributed by atoms with Crippen molar-refractivity contribution < 1.29 is 0 Å². The smallest absolute Gasteiger partial charge is 0.154 e. The summed E-state index contributed by atoms with van der Waals surface area (Å²) < 4.78 is 0. The molecule has 3 heterocycles. The summed E-state index contributed by atoms with van der Waals surface area (Å²) in [6.45, 7) is 0. The number of H-pyrrole nitrogens is 1. The number of aromatic nitrogens is 4. The lowest BCUT2D eigenvalue weighted by Crippen LogP contribution is -1.98. The first-order valence-electron chi connectivity index (χ1n) is 8.51. The second-order valence-corrected chi connectivity index (χ2v) is 7.21. The van der Waals surface area contributed by atoms with Gasteiger partial charge in [-0.1, -0.05) is 54.2 Å². The van der Waals surface area contributed by atoms with E-state index in [9.17, 15) is 0 Å².